The van der Waals surface area contributed by atoms with Crippen LogP contribution in [0, 0.1) is 0 Å². The summed E-state index contributed by atoms with van der Waals surface area (Å²) in [5.74, 6) is 0.0215. The molecule has 0 aliphatic heterocycles. The first kappa shape index (κ1) is 14.1. The second-order valence-electron chi connectivity index (χ2n) is 5.10. The van der Waals surface area contributed by atoms with Gasteiger partial charge in [0.25, 0.3) is 0 Å². The second kappa shape index (κ2) is 6.12. The number of nitrogens with two attached hydrogens (primary N) is 1. The highest BCUT2D eigenvalue weighted by atomic mass is 32.1. The van der Waals surface area contributed by atoms with E-state index < -0.39 is 0 Å². The fourth-order valence-corrected chi connectivity index (χ4v) is 2.27. The van der Waals surface area contributed by atoms with Gasteiger partial charge in [-0.15, -0.1) is 11.3 Å². The minimum Gasteiger partial charge on any atom is -0.351 e. The number of amides is 1. The van der Waals surface area contributed by atoms with Gasteiger partial charge in [-0.05, 0) is 33.7 Å². The lowest BCUT2D eigenvalue weighted by Gasteiger charge is -2.20. The molecule has 1 heterocycles. The van der Waals surface area contributed by atoms with E-state index in [-0.39, 0.29) is 11.4 Å². The molecule has 1 aromatic rings. The number of hydrogen-bond acceptors (Lipinski definition) is 4. The Morgan fingerprint density at radius 2 is 2.24 bits per heavy atom. The van der Waals surface area contributed by atoms with Gasteiger partial charge in [-0.25, -0.2) is 4.98 Å². The molecule has 17 heavy (non-hydrogen) atoms. The van der Waals surface area contributed by atoms with Gasteiger partial charge in [0.1, 0.15) is 0 Å². The number of nitrogens with zero attached hydrogens (tertiary/aromatic N) is 1. The third kappa shape index (κ3) is 5.79. The molecule has 0 aliphatic carbocycles. The number of rotatable bonds is 5. The summed E-state index contributed by atoms with van der Waals surface area (Å²) in [6.45, 7) is 6.59. The average Bonchev–Trinajstić information content (AvgIpc) is 2.59. The maximum Gasteiger partial charge on any atom is 0.226 e. The van der Waals surface area contributed by atoms with Crippen molar-refractivity contribution in [3.63, 3.8) is 0 Å². The molecular formula is C12H21N3OS. The zero-order chi connectivity index (χ0) is 12.9. The zero-order valence-electron chi connectivity index (χ0n) is 10.7. The fraction of sp³-hybridized carbons (Fsp3) is 0.667. The number of carbonyl (C=O) groups is 1. The Bertz CT molecular complexity index is 368. The largest absolute Gasteiger partial charge is 0.351 e. The molecule has 0 unspecified atom stereocenters. The van der Waals surface area contributed by atoms with Crippen LogP contribution in [-0.2, 0) is 17.6 Å². The van der Waals surface area contributed by atoms with Crippen molar-refractivity contribution < 1.29 is 4.79 Å². The van der Waals surface area contributed by atoms with E-state index in [1.165, 1.54) is 0 Å². The topological polar surface area (TPSA) is 68.0 Å². The van der Waals surface area contributed by atoms with E-state index in [4.69, 9.17) is 5.73 Å². The van der Waals surface area contributed by atoms with E-state index >= 15 is 0 Å². The number of aromatic nitrogens is 1. The van der Waals surface area contributed by atoms with Crippen molar-refractivity contribution in [2.24, 2.45) is 5.73 Å². The van der Waals surface area contributed by atoms with E-state index in [1.54, 1.807) is 11.3 Å². The fourth-order valence-electron chi connectivity index (χ4n) is 1.43. The predicted molar refractivity (Wildman–Crippen MR) is 71.1 cm³/mol. The predicted octanol–water partition coefficient (Wildman–Crippen LogP) is 1.49. The van der Waals surface area contributed by atoms with Crippen LogP contribution in [-0.4, -0.2) is 23.0 Å². The molecular weight excluding hydrogens is 234 g/mol. The summed E-state index contributed by atoms with van der Waals surface area (Å²) in [6.07, 6.45) is 2.21. The molecule has 5 heteroatoms. The first-order valence-electron chi connectivity index (χ1n) is 5.85. The molecule has 3 N–H and O–H groups in total. The van der Waals surface area contributed by atoms with Gasteiger partial charge >= 0.3 is 0 Å². The van der Waals surface area contributed by atoms with Crippen molar-refractivity contribution in [1.29, 1.82) is 0 Å². The van der Waals surface area contributed by atoms with Crippen LogP contribution in [0.2, 0.25) is 0 Å². The highest BCUT2D eigenvalue weighted by Crippen LogP contribution is 2.12. The van der Waals surface area contributed by atoms with E-state index in [0.717, 1.165) is 23.5 Å². The molecule has 0 aliphatic rings. The molecule has 0 bridgehead atoms. The van der Waals surface area contributed by atoms with Gasteiger partial charge in [-0.2, -0.15) is 0 Å². The molecule has 1 amide bonds. The lowest BCUT2D eigenvalue weighted by atomic mass is 10.1. The van der Waals surface area contributed by atoms with Crippen molar-refractivity contribution in [2.75, 3.05) is 6.54 Å². The molecule has 0 spiro atoms. The van der Waals surface area contributed by atoms with Crippen molar-refractivity contribution in [3.05, 3.63) is 16.1 Å². The van der Waals surface area contributed by atoms with Gasteiger partial charge in [0.2, 0.25) is 5.91 Å². The van der Waals surface area contributed by atoms with Crippen LogP contribution in [0.3, 0.4) is 0 Å². The molecule has 1 rings (SSSR count). The summed E-state index contributed by atoms with van der Waals surface area (Å²) in [7, 11) is 0. The summed E-state index contributed by atoms with van der Waals surface area (Å²) < 4.78 is 0. The van der Waals surface area contributed by atoms with Gasteiger partial charge in [0.15, 0.2) is 0 Å². The van der Waals surface area contributed by atoms with Crippen LogP contribution in [0.15, 0.2) is 5.38 Å². The zero-order valence-corrected chi connectivity index (χ0v) is 11.6. The molecule has 0 aromatic carbocycles. The van der Waals surface area contributed by atoms with Gasteiger partial charge in [0.05, 0.1) is 17.1 Å². The molecule has 0 atom stereocenters. The van der Waals surface area contributed by atoms with E-state index in [2.05, 4.69) is 10.3 Å². The smallest absolute Gasteiger partial charge is 0.226 e. The number of aryl methyl sites for hydroxylation is 1. The first-order chi connectivity index (χ1) is 7.90. The second-order valence-corrected chi connectivity index (χ2v) is 6.04. The number of nitrogens with one attached hydrogen (secondary N) is 1. The van der Waals surface area contributed by atoms with Crippen LogP contribution >= 0.6 is 11.3 Å². The van der Waals surface area contributed by atoms with Crippen LogP contribution in [0.4, 0.5) is 0 Å². The third-order valence-electron chi connectivity index (χ3n) is 2.05. The molecule has 0 saturated carbocycles. The SMILES string of the molecule is CC(C)(C)NC(=O)Cc1csc(CCCN)n1. The van der Waals surface area contributed by atoms with Crippen molar-refractivity contribution >= 4 is 17.2 Å². The lowest BCUT2D eigenvalue weighted by molar-refractivity contribution is -0.121. The van der Waals surface area contributed by atoms with Gasteiger partial charge in [-0.1, -0.05) is 0 Å². The quantitative estimate of drug-likeness (QED) is 0.837. The van der Waals surface area contributed by atoms with Crippen LogP contribution in [0.25, 0.3) is 0 Å². The Morgan fingerprint density at radius 1 is 1.53 bits per heavy atom. The van der Waals surface area contributed by atoms with E-state index in [1.807, 2.05) is 26.2 Å². The van der Waals surface area contributed by atoms with Crippen molar-refractivity contribution in [3.8, 4) is 0 Å². The summed E-state index contributed by atoms with van der Waals surface area (Å²) in [5, 5.41) is 5.94. The highest BCUT2D eigenvalue weighted by Gasteiger charge is 2.15. The Morgan fingerprint density at radius 3 is 2.82 bits per heavy atom. The molecule has 0 fully saturated rings. The maximum atomic E-state index is 11.7. The van der Waals surface area contributed by atoms with Crippen LogP contribution < -0.4 is 11.1 Å². The van der Waals surface area contributed by atoms with Crippen molar-refractivity contribution in [1.82, 2.24) is 10.3 Å². The molecule has 0 saturated heterocycles. The highest BCUT2D eigenvalue weighted by molar-refractivity contribution is 7.09. The number of hydrogen-bond donors (Lipinski definition) is 2. The Hall–Kier alpha value is -0.940. The van der Waals surface area contributed by atoms with Gasteiger partial charge < -0.3 is 11.1 Å². The van der Waals surface area contributed by atoms with E-state index in [9.17, 15) is 4.79 Å². The first-order valence-corrected chi connectivity index (χ1v) is 6.73. The van der Waals surface area contributed by atoms with Gasteiger partial charge in [0, 0.05) is 17.3 Å². The minimum atomic E-state index is -0.185. The van der Waals surface area contributed by atoms with E-state index in [0.29, 0.717) is 13.0 Å². The van der Waals surface area contributed by atoms with Gasteiger partial charge in [-0.3, -0.25) is 4.79 Å². The Labute approximate surface area is 107 Å². The third-order valence-corrected chi connectivity index (χ3v) is 3.01. The standard InChI is InChI=1S/C12H21N3OS/c1-12(2,3)15-10(16)7-9-8-17-11(14-9)5-4-6-13/h8H,4-7,13H2,1-3H3,(H,15,16). The minimum absolute atomic E-state index is 0.0215. The maximum absolute atomic E-state index is 11.7. The molecule has 4 nitrogen and oxygen atoms in total. The average molecular weight is 255 g/mol. The molecule has 1 aromatic heterocycles. The summed E-state index contributed by atoms with van der Waals surface area (Å²) in [4.78, 5) is 16.1. The Kier molecular flexibility index (Phi) is 5.08. The lowest BCUT2D eigenvalue weighted by Crippen LogP contribution is -2.41. The molecule has 96 valence electrons. The summed E-state index contributed by atoms with van der Waals surface area (Å²) >= 11 is 1.60. The number of thiazole rings is 1. The monoisotopic (exact) mass is 255 g/mol. The molecule has 0 radical (unpaired) electrons. The van der Waals surface area contributed by atoms with Crippen LogP contribution in [0.1, 0.15) is 37.9 Å². The summed E-state index contributed by atoms with van der Waals surface area (Å²) in [6, 6.07) is 0. The summed E-state index contributed by atoms with van der Waals surface area (Å²) in [5.41, 5.74) is 6.11. The van der Waals surface area contributed by atoms with Crippen molar-refractivity contribution in [2.45, 2.75) is 45.6 Å². The van der Waals surface area contributed by atoms with Crippen LogP contribution in [0.5, 0.6) is 0 Å². The Balaban J connectivity index is 2.46. The number of carbonyl (C=O) groups excluding carboxylic acids is 1. The normalized spacial score (nSPS) is 11.5.